The zero-order valence-electron chi connectivity index (χ0n) is 16.9. The average molecular weight is 388 g/mol. The van der Waals surface area contributed by atoms with Gasteiger partial charge in [-0.05, 0) is 37.1 Å². The number of carbonyl (C=O) groups is 1. The Morgan fingerprint density at radius 1 is 1.04 bits per heavy atom. The lowest BCUT2D eigenvalue weighted by molar-refractivity contribution is -0.157. The molecule has 0 amide bonds. The number of aryl methyl sites for hydroxylation is 1. The van der Waals surface area contributed by atoms with Gasteiger partial charge < -0.3 is 23.7 Å². The minimum absolute atomic E-state index is 0.0487. The summed E-state index contributed by atoms with van der Waals surface area (Å²) in [5.74, 6) is 1.22. The van der Waals surface area contributed by atoms with Gasteiger partial charge in [0.15, 0.2) is 11.9 Å². The van der Waals surface area contributed by atoms with Gasteiger partial charge in [-0.2, -0.15) is 0 Å². The summed E-state index contributed by atoms with van der Waals surface area (Å²) < 4.78 is 27.5. The van der Waals surface area contributed by atoms with E-state index in [1.165, 1.54) is 0 Å². The summed E-state index contributed by atoms with van der Waals surface area (Å²) in [7, 11) is 3.18. The molecule has 0 aliphatic carbocycles. The van der Waals surface area contributed by atoms with Gasteiger partial charge in [0.1, 0.15) is 24.9 Å². The third kappa shape index (κ3) is 5.79. The highest BCUT2D eigenvalue weighted by molar-refractivity contribution is 5.69. The van der Waals surface area contributed by atoms with E-state index >= 15 is 0 Å². The average Bonchev–Trinajstić information content (AvgIpc) is 2.72. The van der Waals surface area contributed by atoms with Gasteiger partial charge in [-0.25, -0.2) is 0 Å². The normalized spacial score (nSPS) is 13.0. The van der Waals surface area contributed by atoms with E-state index in [0.29, 0.717) is 36.9 Å². The van der Waals surface area contributed by atoms with Gasteiger partial charge in [0.05, 0.1) is 20.3 Å². The predicted octanol–water partition coefficient (Wildman–Crippen LogP) is 3.63. The molecule has 2 aromatic carbocycles. The Kier molecular flexibility index (Phi) is 8.44. The van der Waals surface area contributed by atoms with E-state index < -0.39 is 5.60 Å². The molecule has 0 heterocycles. The van der Waals surface area contributed by atoms with E-state index in [1.807, 2.05) is 43.3 Å². The SMILES string of the molecule is COCCOCO[C@@](C)(C=O)c1cc(OC)c(C)cc1OCc1ccccc1. The number of carbonyl (C=O) groups excluding carboxylic acids is 1. The van der Waals surface area contributed by atoms with Crippen LogP contribution in [0.15, 0.2) is 42.5 Å². The molecule has 0 aliphatic heterocycles. The number of ether oxygens (including phenoxy) is 5. The summed E-state index contributed by atoms with van der Waals surface area (Å²) in [5, 5.41) is 0. The lowest BCUT2D eigenvalue weighted by Crippen LogP contribution is -2.30. The zero-order valence-corrected chi connectivity index (χ0v) is 16.9. The molecule has 6 heteroatoms. The molecule has 152 valence electrons. The van der Waals surface area contributed by atoms with Crippen LogP contribution in [0.25, 0.3) is 0 Å². The lowest BCUT2D eigenvalue weighted by atomic mass is 9.94. The van der Waals surface area contributed by atoms with Crippen molar-refractivity contribution in [2.75, 3.05) is 34.2 Å². The minimum Gasteiger partial charge on any atom is -0.496 e. The van der Waals surface area contributed by atoms with E-state index in [0.717, 1.165) is 17.4 Å². The number of rotatable bonds is 12. The standard InChI is InChI=1S/C22H28O6/c1-17-12-21(27-14-18-8-6-5-7-9-18)19(13-20(17)25-4)22(2,15-23)28-16-26-11-10-24-3/h5-9,12-13,15H,10-11,14,16H2,1-4H3/t22-/m0/s1. The number of hydrogen-bond acceptors (Lipinski definition) is 6. The Bertz CT molecular complexity index is 746. The second-order valence-corrected chi connectivity index (χ2v) is 6.48. The first-order valence-electron chi connectivity index (χ1n) is 9.07. The maximum absolute atomic E-state index is 12.0. The van der Waals surface area contributed by atoms with Gasteiger partial charge in [0.25, 0.3) is 0 Å². The maximum atomic E-state index is 12.0. The summed E-state index contributed by atoms with van der Waals surface area (Å²) in [6, 6.07) is 13.5. The topological polar surface area (TPSA) is 63.2 Å². The maximum Gasteiger partial charge on any atom is 0.156 e. The Labute approximate surface area is 166 Å². The first kappa shape index (κ1) is 21.9. The molecule has 0 radical (unpaired) electrons. The fraction of sp³-hybridized carbons (Fsp3) is 0.409. The fourth-order valence-corrected chi connectivity index (χ4v) is 2.66. The molecule has 2 aromatic rings. The van der Waals surface area contributed by atoms with E-state index in [-0.39, 0.29) is 6.79 Å². The third-order valence-corrected chi connectivity index (χ3v) is 4.37. The van der Waals surface area contributed by atoms with Crippen LogP contribution in [0.4, 0.5) is 0 Å². The van der Waals surface area contributed by atoms with Crippen LogP contribution in [0.3, 0.4) is 0 Å². The highest BCUT2D eigenvalue weighted by atomic mass is 16.7. The van der Waals surface area contributed by atoms with Crippen molar-refractivity contribution in [3.63, 3.8) is 0 Å². The molecule has 0 saturated carbocycles. The van der Waals surface area contributed by atoms with Gasteiger partial charge in [0, 0.05) is 12.7 Å². The van der Waals surface area contributed by atoms with Crippen LogP contribution >= 0.6 is 0 Å². The quantitative estimate of drug-likeness (QED) is 0.314. The molecular weight excluding hydrogens is 360 g/mol. The second kappa shape index (κ2) is 10.8. The molecule has 0 fully saturated rings. The highest BCUT2D eigenvalue weighted by Gasteiger charge is 2.32. The predicted molar refractivity (Wildman–Crippen MR) is 106 cm³/mol. The summed E-state index contributed by atoms with van der Waals surface area (Å²) in [6.07, 6.45) is 0.742. The Hall–Kier alpha value is -2.41. The first-order valence-corrected chi connectivity index (χ1v) is 9.07. The van der Waals surface area contributed by atoms with Crippen LogP contribution in [0.5, 0.6) is 11.5 Å². The number of aldehydes is 1. The van der Waals surface area contributed by atoms with E-state index in [9.17, 15) is 4.79 Å². The molecule has 0 spiro atoms. The van der Waals surface area contributed by atoms with Gasteiger partial charge in [0.2, 0.25) is 0 Å². The molecular formula is C22H28O6. The number of methoxy groups -OCH3 is 2. The smallest absolute Gasteiger partial charge is 0.156 e. The van der Waals surface area contributed by atoms with Crippen LogP contribution < -0.4 is 9.47 Å². The Morgan fingerprint density at radius 3 is 2.43 bits per heavy atom. The molecule has 0 saturated heterocycles. The number of hydrogen-bond donors (Lipinski definition) is 0. The minimum atomic E-state index is -1.25. The van der Waals surface area contributed by atoms with Gasteiger partial charge >= 0.3 is 0 Å². The summed E-state index contributed by atoms with van der Waals surface area (Å²) in [5.41, 5.74) is 1.26. The number of benzene rings is 2. The van der Waals surface area contributed by atoms with E-state index in [2.05, 4.69) is 0 Å². The van der Waals surface area contributed by atoms with Gasteiger partial charge in [-0.3, -0.25) is 4.79 Å². The van der Waals surface area contributed by atoms with Crippen molar-refractivity contribution in [1.29, 1.82) is 0 Å². The summed E-state index contributed by atoms with van der Waals surface area (Å²) in [6.45, 7) is 4.75. The van der Waals surface area contributed by atoms with Crippen molar-refractivity contribution in [3.05, 3.63) is 59.2 Å². The van der Waals surface area contributed by atoms with E-state index in [4.69, 9.17) is 23.7 Å². The molecule has 1 atom stereocenters. The van der Waals surface area contributed by atoms with Crippen molar-refractivity contribution in [1.82, 2.24) is 0 Å². The fourth-order valence-electron chi connectivity index (χ4n) is 2.66. The Balaban J connectivity index is 2.26. The largest absolute Gasteiger partial charge is 0.496 e. The van der Waals surface area contributed by atoms with Crippen LogP contribution in [-0.2, 0) is 31.2 Å². The molecule has 6 nitrogen and oxygen atoms in total. The monoisotopic (exact) mass is 388 g/mol. The van der Waals surface area contributed by atoms with Crippen LogP contribution in [0.2, 0.25) is 0 Å². The van der Waals surface area contributed by atoms with Crippen molar-refractivity contribution >= 4 is 6.29 Å². The molecule has 0 unspecified atom stereocenters. The molecule has 28 heavy (non-hydrogen) atoms. The summed E-state index contributed by atoms with van der Waals surface area (Å²) in [4.78, 5) is 12.0. The van der Waals surface area contributed by atoms with Crippen molar-refractivity contribution < 1.29 is 28.5 Å². The molecule has 0 N–H and O–H groups in total. The molecule has 0 bridgehead atoms. The molecule has 2 rings (SSSR count). The van der Waals surface area contributed by atoms with Crippen molar-refractivity contribution in [2.24, 2.45) is 0 Å². The second-order valence-electron chi connectivity index (χ2n) is 6.48. The van der Waals surface area contributed by atoms with Crippen LogP contribution in [0.1, 0.15) is 23.6 Å². The highest BCUT2D eigenvalue weighted by Crippen LogP contribution is 2.37. The van der Waals surface area contributed by atoms with Crippen LogP contribution in [-0.4, -0.2) is 40.5 Å². The van der Waals surface area contributed by atoms with E-state index in [1.54, 1.807) is 27.2 Å². The van der Waals surface area contributed by atoms with Gasteiger partial charge in [-0.15, -0.1) is 0 Å². The van der Waals surface area contributed by atoms with Crippen molar-refractivity contribution in [3.8, 4) is 11.5 Å². The third-order valence-electron chi connectivity index (χ3n) is 4.37. The Morgan fingerprint density at radius 2 is 1.79 bits per heavy atom. The lowest BCUT2D eigenvalue weighted by Gasteiger charge is -2.27. The molecule has 0 aromatic heterocycles. The zero-order chi connectivity index (χ0) is 20.4. The van der Waals surface area contributed by atoms with Crippen LogP contribution in [0, 0.1) is 6.92 Å². The molecule has 0 aliphatic rings. The van der Waals surface area contributed by atoms with Gasteiger partial charge in [-0.1, -0.05) is 30.3 Å². The van der Waals surface area contributed by atoms with Crippen molar-refractivity contribution in [2.45, 2.75) is 26.1 Å². The first-order chi connectivity index (χ1) is 13.5. The summed E-state index contributed by atoms with van der Waals surface area (Å²) >= 11 is 0.